The number of halogens is 2. The lowest BCUT2D eigenvalue weighted by molar-refractivity contribution is -0.121. The standard InChI is InChI=1S/C21H25Cl2N3O/c1-25-10-12-26(13-11-25)15-20(16-6-3-2-4-7-16)24-21(27)14-17-18(22)8-5-9-19(17)23/h2-9,20H,10-15H2,1H3,(H,24,27). The third kappa shape index (κ3) is 5.69. The number of rotatable bonds is 6. The van der Waals surface area contributed by atoms with Gasteiger partial charge in [0.05, 0.1) is 12.5 Å². The summed E-state index contributed by atoms with van der Waals surface area (Å²) in [6.45, 7) is 4.90. The van der Waals surface area contributed by atoms with E-state index in [0.29, 0.717) is 15.6 Å². The maximum Gasteiger partial charge on any atom is 0.225 e. The summed E-state index contributed by atoms with van der Waals surface area (Å²) in [6, 6.07) is 15.3. The van der Waals surface area contributed by atoms with Crippen LogP contribution in [0.1, 0.15) is 17.2 Å². The van der Waals surface area contributed by atoms with Gasteiger partial charge in [0.2, 0.25) is 5.91 Å². The summed E-state index contributed by atoms with van der Waals surface area (Å²) < 4.78 is 0. The predicted octanol–water partition coefficient (Wildman–Crippen LogP) is 3.64. The van der Waals surface area contributed by atoms with Gasteiger partial charge in [-0.3, -0.25) is 9.69 Å². The number of hydrogen-bond acceptors (Lipinski definition) is 3. The minimum absolute atomic E-state index is 0.0663. The molecular weight excluding hydrogens is 381 g/mol. The number of nitrogens with one attached hydrogen (secondary N) is 1. The maximum atomic E-state index is 12.7. The highest BCUT2D eigenvalue weighted by molar-refractivity contribution is 6.36. The Hall–Kier alpha value is -1.59. The molecule has 1 amide bonds. The summed E-state index contributed by atoms with van der Waals surface area (Å²) in [4.78, 5) is 17.5. The Balaban J connectivity index is 1.70. The van der Waals surface area contributed by atoms with Gasteiger partial charge in [-0.25, -0.2) is 0 Å². The van der Waals surface area contributed by atoms with Crippen molar-refractivity contribution in [3.63, 3.8) is 0 Å². The van der Waals surface area contributed by atoms with Crippen LogP contribution in [0.15, 0.2) is 48.5 Å². The molecule has 1 N–H and O–H groups in total. The van der Waals surface area contributed by atoms with E-state index in [1.54, 1.807) is 18.2 Å². The van der Waals surface area contributed by atoms with Crippen LogP contribution in [-0.2, 0) is 11.2 Å². The number of carbonyl (C=O) groups excluding carboxylic acids is 1. The number of likely N-dealkylation sites (N-methyl/N-ethyl adjacent to an activating group) is 1. The fraction of sp³-hybridized carbons (Fsp3) is 0.381. The molecule has 1 aliphatic heterocycles. The number of benzene rings is 2. The first-order valence-electron chi connectivity index (χ1n) is 9.21. The van der Waals surface area contributed by atoms with Gasteiger partial charge in [0.15, 0.2) is 0 Å². The van der Waals surface area contributed by atoms with Crippen LogP contribution in [0.2, 0.25) is 10.0 Å². The molecule has 1 aliphatic rings. The predicted molar refractivity (Wildman–Crippen MR) is 111 cm³/mol. The quantitative estimate of drug-likeness (QED) is 0.796. The van der Waals surface area contributed by atoms with Gasteiger partial charge in [0, 0.05) is 42.8 Å². The Morgan fingerprint density at radius 2 is 1.63 bits per heavy atom. The molecule has 1 heterocycles. The molecule has 1 fully saturated rings. The average molecular weight is 406 g/mol. The van der Waals surface area contributed by atoms with Crippen molar-refractivity contribution in [2.45, 2.75) is 12.5 Å². The molecule has 0 spiro atoms. The fourth-order valence-corrected chi connectivity index (χ4v) is 3.85. The molecular formula is C21H25Cl2N3O. The zero-order valence-electron chi connectivity index (χ0n) is 15.5. The maximum absolute atomic E-state index is 12.7. The van der Waals surface area contributed by atoms with E-state index in [4.69, 9.17) is 23.2 Å². The number of piperazine rings is 1. The van der Waals surface area contributed by atoms with Crippen LogP contribution in [-0.4, -0.2) is 55.5 Å². The van der Waals surface area contributed by atoms with Gasteiger partial charge in [-0.2, -0.15) is 0 Å². The lowest BCUT2D eigenvalue weighted by Crippen LogP contribution is -2.48. The molecule has 3 rings (SSSR count). The van der Waals surface area contributed by atoms with Crippen LogP contribution in [0, 0.1) is 0 Å². The number of amides is 1. The van der Waals surface area contributed by atoms with Crippen molar-refractivity contribution < 1.29 is 4.79 Å². The van der Waals surface area contributed by atoms with Crippen LogP contribution < -0.4 is 5.32 Å². The van der Waals surface area contributed by atoms with Crippen LogP contribution in [0.5, 0.6) is 0 Å². The van der Waals surface area contributed by atoms with Gasteiger partial charge in [-0.15, -0.1) is 0 Å². The average Bonchev–Trinajstić information content (AvgIpc) is 2.67. The smallest absolute Gasteiger partial charge is 0.225 e. The molecule has 1 atom stereocenters. The number of hydrogen-bond donors (Lipinski definition) is 1. The summed E-state index contributed by atoms with van der Waals surface area (Å²) >= 11 is 12.4. The highest BCUT2D eigenvalue weighted by Gasteiger charge is 2.22. The van der Waals surface area contributed by atoms with E-state index >= 15 is 0 Å². The second kappa shape index (κ2) is 9.56. The molecule has 27 heavy (non-hydrogen) atoms. The topological polar surface area (TPSA) is 35.6 Å². The highest BCUT2D eigenvalue weighted by atomic mass is 35.5. The van der Waals surface area contributed by atoms with Crippen molar-refractivity contribution in [1.82, 2.24) is 15.1 Å². The van der Waals surface area contributed by atoms with Gasteiger partial charge < -0.3 is 10.2 Å². The van der Waals surface area contributed by atoms with E-state index in [-0.39, 0.29) is 18.4 Å². The first-order valence-corrected chi connectivity index (χ1v) is 9.96. The number of carbonyl (C=O) groups is 1. The Bertz CT molecular complexity index is 741. The van der Waals surface area contributed by atoms with Gasteiger partial charge in [-0.05, 0) is 30.3 Å². The summed E-state index contributed by atoms with van der Waals surface area (Å²) in [5.41, 5.74) is 1.78. The summed E-state index contributed by atoms with van der Waals surface area (Å²) in [6.07, 6.45) is 0.171. The SMILES string of the molecule is CN1CCN(CC(NC(=O)Cc2c(Cl)cccc2Cl)c2ccccc2)CC1. The zero-order valence-corrected chi connectivity index (χ0v) is 17.0. The third-order valence-electron chi connectivity index (χ3n) is 4.97. The molecule has 6 heteroatoms. The molecule has 0 radical (unpaired) electrons. The van der Waals surface area contributed by atoms with E-state index in [0.717, 1.165) is 38.3 Å². The Morgan fingerprint density at radius 1 is 1.00 bits per heavy atom. The Kier molecular flexibility index (Phi) is 7.13. The van der Waals surface area contributed by atoms with E-state index in [2.05, 4.69) is 34.3 Å². The highest BCUT2D eigenvalue weighted by Crippen LogP contribution is 2.25. The minimum Gasteiger partial charge on any atom is -0.348 e. The van der Waals surface area contributed by atoms with E-state index < -0.39 is 0 Å². The van der Waals surface area contributed by atoms with Crippen LogP contribution in [0.3, 0.4) is 0 Å². The van der Waals surface area contributed by atoms with E-state index in [1.807, 2.05) is 18.2 Å². The summed E-state index contributed by atoms with van der Waals surface area (Å²) in [5, 5.41) is 4.23. The second-order valence-corrected chi connectivity index (χ2v) is 7.83. The van der Waals surface area contributed by atoms with Gasteiger partial charge >= 0.3 is 0 Å². The van der Waals surface area contributed by atoms with Crippen LogP contribution in [0.4, 0.5) is 0 Å². The Labute approximate surface area is 171 Å². The largest absolute Gasteiger partial charge is 0.348 e. The molecule has 1 saturated heterocycles. The van der Waals surface area contributed by atoms with E-state index in [9.17, 15) is 4.79 Å². The van der Waals surface area contributed by atoms with Crippen LogP contribution in [0.25, 0.3) is 0 Å². The van der Waals surface area contributed by atoms with Gasteiger partial charge in [-0.1, -0.05) is 59.6 Å². The summed E-state index contributed by atoms with van der Waals surface area (Å²) in [7, 11) is 2.14. The van der Waals surface area contributed by atoms with Crippen molar-refractivity contribution in [3.8, 4) is 0 Å². The zero-order chi connectivity index (χ0) is 19.2. The van der Waals surface area contributed by atoms with Gasteiger partial charge in [0.1, 0.15) is 0 Å². The molecule has 2 aromatic rings. The summed E-state index contributed by atoms with van der Waals surface area (Å²) in [5.74, 6) is -0.0759. The third-order valence-corrected chi connectivity index (χ3v) is 5.68. The molecule has 4 nitrogen and oxygen atoms in total. The molecule has 1 unspecified atom stereocenters. The molecule has 0 saturated carbocycles. The van der Waals surface area contributed by atoms with Crippen molar-refractivity contribution in [1.29, 1.82) is 0 Å². The molecule has 0 aromatic heterocycles. The molecule has 0 bridgehead atoms. The normalized spacial score (nSPS) is 16.9. The Morgan fingerprint density at radius 3 is 2.26 bits per heavy atom. The molecule has 2 aromatic carbocycles. The van der Waals surface area contributed by atoms with Crippen molar-refractivity contribution in [2.75, 3.05) is 39.8 Å². The van der Waals surface area contributed by atoms with Gasteiger partial charge in [0.25, 0.3) is 0 Å². The fourth-order valence-electron chi connectivity index (χ4n) is 3.32. The van der Waals surface area contributed by atoms with Crippen molar-refractivity contribution >= 4 is 29.1 Å². The monoisotopic (exact) mass is 405 g/mol. The van der Waals surface area contributed by atoms with Crippen molar-refractivity contribution in [2.24, 2.45) is 0 Å². The first-order chi connectivity index (χ1) is 13.0. The van der Waals surface area contributed by atoms with E-state index in [1.165, 1.54) is 0 Å². The lowest BCUT2D eigenvalue weighted by Gasteiger charge is -2.35. The number of nitrogens with zero attached hydrogens (tertiary/aromatic N) is 2. The van der Waals surface area contributed by atoms with Crippen molar-refractivity contribution in [3.05, 3.63) is 69.7 Å². The second-order valence-electron chi connectivity index (χ2n) is 7.01. The first kappa shape index (κ1) is 20.2. The molecule has 144 valence electrons. The molecule has 0 aliphatic carbocycles. The van der Waals surface area contributed by atoms with Crippen LogP contribution >= 0.6 is 23.2 Å². The lowest BCUT2D eigenvalue weighted by atomic mass is 10.0. The minimum atomic E-state index is -0.0759.